The van der Waals surface area contributed by atoms with Crippen LogP contribution in [0.15, 0.2) is 72.9 Å². The zero-order valence-corrected chi connectivity index (χ0v) is 16.6. The predicted octanol–water partition coefficient (Wildman–Crippen LogP) is 4.91. The molecule has 3 rings (SSSR count). The number of ether oxygens (including phenoxy) is 2. The Hall–Kier alpha value is -3.34. The van der Waals surface area contributed by atoms with Crippen LogP contribution in [0, 0.1) is 0 Å². The van der Waals surface area contributed by atoms with E-state index in [4.69, 9.17) is 9.47 Å². The van der Waals surface area contributed by atoms with Crippen LogP contribution in [-0.2, 0) is 17.8 Å². The molecule has 0 fully saturated rings. The van der Waals surface area contributed by atoms with Gasteiger partial charge in [0.05, 0.1) is 6.61 Å². The van der Waals surface area contributed by atoms with Gasteiger partial charge in [0.15, 0.2) is 11.5 Å². The number of hydrogen-bond donors (Lipinski definition) is 1. The van der Waals surface area contributed by atoms with Gasteiger partial charge in [-0.3, -0.25) is 4.79 Å². The van der Waals surface area contributed by atoms with E-state index < -0.39 is 0 Å². The Morgan fingerprint density at radius 2 is 1.69 bits per heavy atom. The van der Waals surface area contributed by atoms with Crippen molar-refractivity contribution in [3.05, 3.63) is 84.1 Å². The number of para-hydroxylation sites is 2. The van der Waals surface area contributed by atoms with Gasteiger partial charge in [-0.05, 0) is 43.0 Å². The van der Waals surface area contributed by atoms with E-state index in [0.717, 1.165) is 18.4 Å². The maximum Gasteiger partial charge on any atom is 0.220 e. The number of hydrogen-bond acceptors (Lipinski definition) is 4. The molecule has 3 aromatic rings. The van der Waals surface area contributed by atoms with Crippen molar-refractivity contribution in [1.82, 2.24) is 10.3 Å². The topological polar surface area (TPSA) is 60.5 Å². The van der Waals surface area contributed by atoms with Crippen molar-refractivity contribution >= 4 is 5.91 Å². The summed E-state index contributed by atoms with van der Waals surface area (Å²) < 4.78 is 11.4. The number of nitrogens with zero attached hydrogens (tertiary/aromatic N) is 1. The molecule has 0 radical (unpaired) electrons. The summed E-state index contributed by atoms with van der Waals surface area (Å²) in [6, 6.07) is 21.4. The first-order valence-corrected chi connectivity index (χ1v) is 9.90. The number of aromatic nitrogens is 1. The van der Waals surface area contributed by atoms with Crippen molar-refractivity contribution in [2.75, 3.05) is 6.61 Å². The molecule has 29 heavy (non-hydrogen) atoms. The first-order valence-electron chi connectivity index (χ1n) is 9.90. The largest absolute Gasteiger partial charge is 0.490 e. The molecule has 1 heterocycles. The zero-order chi connectivity index (χ0) is 20.3. The van der Waals surface area contributed by atoms with E-state index in [2.05, 4.69) is 22.4 Å². The fraction of sp³-hybridized carbons (Fsp3) is 0.250. The molecular weight excluding hydrogens is 364 g/mol. The lowest BCUT2D eigenvalue weighted by Gasteiger charge is -2.11. The number of amides is 1. The van der Waals surface area contributed by atoms with E-state index in [1.165, 1.54) is 5.56 Å². The molecule has 5 heteroatoms. The maximum atomic E-state index is 12.0. The third kappa shape index (κ3) is 6.64. The summed E-state index contributed by atoms with van der Waals surface area (Å²) in [7, 11) is 0. The normalized spacial score (nSPS) is 10.4. The molecule has 1 aromatic heterocycles. The summed E-state index contributed by atoms with van der Waals surface area (Å²) >= 11 is 0. The molecule has 2 aromatic carbocycles. The van der Waals surface area contributed by atoms with Gasteiger partial charge in [-0.15, -0.1) is 0 Å². The van der Waals surface area contributed by atoms with Gasteiger partial charge in [-0.1, -0.05) is 48.5 Å². The highest BCUT2D eigenvalue weighted by molar-refractivity contribution is 5.75. The quantitative estimate of drug-likeness (QED) is 0.534. The van der Waals surface area contributed by atoms with Crippen molar-refractivity contribution in [1.29, 1.82) is 0 Å². The Bertz CT molecular complexity index is 896. The highest BCUT2D eigenvalue weighted by Gasteiger charge is 2.07. The molecule has 150 valence electrons. The fourth-order valence-electron chi connectivity index (χ4n) is 2.88. The van der Waals surface area contributed by atoms with Crippen molar-refractivity contribution in [3.63, 3.8) is 0 Å². The molecule has 1 N–H and O–H groups in total. The van der Waals surface area contributed by atoms with Gasteiger partial charge >= 0.3 is 0 Å². The fourth-order valence-corrected chi connectivity index (χ4v) is 2.88. The van der Waals surface area contributed by atoms with Crippen LogP contribution in [0.25, 0.3) is 0 Å². The SMILES string of the molecule is CCOc1ccccc1Oc1ccc(CNC(=O)CCCc2ccccc2)cn1. The van der Waals surface area contributed by atoms with Crippen molar-refractivity contribution in [3.8, 4) is 17.4 Å². The monoisotopic (exact) mass is 390 g/mol. The van der Waals surface area contributed by atoms with E-state index in [1.807, 2.05) is 55.5 Å². The molecule has 0 aliphatic carbocycles. The molecular formula is C24H26N2O3. The van der Waals surface area contributed by atoms with Crippen molar-refractivity contribution in [2.45, 2.75) is 32.7 Å². The summed E-state index contributed by atoms with van der Waals surface area (Å²) in [5.74, 6) is 1.84. The van der Waals surface area contributed by atoms with E-state index in [9.17, 15) is 4.79 Å². The first kappa shape index (κ1) is 20.4. The van der Waals surface area contributed by atoms with Gasteiger partial charge in [-0.25, -0.2) is 4.98 Å². The number of carbonyl (C=O) groups is 1. The molecule has 0 saturated heterocycles. The van der Waals surface area contributed by atoms with Crippen LogP contribution >= 0.6 is 0 Å². The molecule has 5 nitrogen and oxygen atoms in total. The Morgan fingerprint density at radius 1 is 0.931 bits per heavy atom. The number of nitrogens with one attached hydrogen (secondary N) is 1. The molecule has 0 aliphatic rings. The standard InChI is InChI=1S/C24H26N2O3/c1-2-28-21-12-6-7-13-22(21)29-24-16-15-20(18-26-24)17-25-23(27)14-8-11-19-9-4-3-5-10-19/h3-7,9-10,12-13,15-16,18H,2,8,11,14,17H2,1H3,(H,25,27). The van der Waals surface area contributed by atoms with E-state index in [0.29, 0.717) is 37.0 Å². The highest BCUT2D eigenvalue weighted by atomic mass is 16.5. The number of aryl methyl sites for hydroxylation is 1. The van der Waals surface area contributed by atoms with Crippen LogP contribution in [0.1, 0.15) is 30.9 Å². The second kappa shape index (κ2) is 10.9. The predicted molar refractivity (Wildman–Crippen MR) is 113 cm³/mol. The summed E-state index contributed by atoms with van der Waals surface area (Å²) in [6.45, 7) is 2.95. The van der Waals surface area contributed by atoms with E-state index in [-0.39, 0.29) is 5.91 Å². The van der Waals surface area contributed by atoms with Gasteiger partial charge in [0.1, 0.15) is 0 Å². The third-order valence-corrected chi connectivity index (χ3v) is 4.36. The Morgan fingerprint density at radius 3 is 2.41 bits per heavy atom. The Balaban J connectivity index is 1.44. The molecule has 0 spiro atoms. The second-order valence-corrected chi connectivity index (χ2v) is 6.60. The minimum absolute atomic E-state index is 0.0481. The first-order chi connectivity index (χ1) is 14.2. The number of benzene rings is 2. The van der Waals surface area contributed by atoms with Crippen molar-refractivity contribution < 1.29 is 14.3 Å². The smallest absolute Gasteiger partial charge is 0.220 e. The summed E-state index contributed by atoms with van der Waals surface area (Å²) in [5, 5.41) is 2.94. The van der Waals surface area contributed by atoms with Crippen LogP contribution in [0.5, 0.6) is 17.4 Å². The third-order valence-electron chi connectivity index (χ3n) is 4.36. The van der Waals surface area contributed by atoms with E-state index in [1.54, 1.807) is 12.3 Å². The van der Waals surface area contributed by atoms with Gasteiger partial charge in [0, 0.05) is 25.2 Å². The molecule has 0 bridgehead atoms. The zero-order valence-electron chi connectivity index (χ0n) is 16.6. The number of pyridine rings is 1. The number of rotatable bonds is 10. The van der Waals surface area contributed by atoms with Crippen LogP contribution in [0.3, 0.4) is 0 Å². The van der Waals surface area contributed by atoms with Crippen LogP contribution in [-0.4, -0.2) is 17.5 Å². The lowest BCUT2D eigenvalue weighted by molar-refractivity contribution is -0.121. The molecule has 1 amide bonds. The minimum atomic E-state index is 0.0481. The van der Waals surface area contributed by atoms with Crippen LogP contribution < -0.4 is 14.8 Å². The maximum absolute atomic E-state index is 12.0. The lowest BCUT2D eigenvalue weighted by Crippen LogP contribution is -2.22. The second-order valence-electron chi connectivity index (χ2n) is 6.60. The average Bonchev–Trinajstić information content (AvgIpc) is 2.76. The van der Waals surface area contributed by atoms with Gasteiger partial charge in [0.25, 0.3) is 0 Å². The summed E-state index contributed by atoms with van der Waals surface area (Å²) in [4.78, 5) is 16.4. The van der Waals surface area contributed by atoms with Crippen LogP contribution in [0.4, 0.5) is 0 Å². The molecule has 0 saturated carbocycles. The van der Waals surface area contributed by atoms with Crippen LogP contribution in [0.2, 0.25) is 0 Å². The Labute approximate surface area is 171 Å². The lowest BCUT2D eigenvalue weighted by atomic mass is 10.1. The highest BCUT2D eigenvalue weighted by Crippen LogP contribution is 2.30. The summed E-state index contributed by atoms with van der Waals surface area (Å²) in [5.41, 5.74) is 2.18. The molecule has 0 unspecified atom stereocenters. The van der Waals surface area contributed by atoms with E-state index >= 15 is 0 Å². The minimum Gasteiger partial charge on any atom is -0.490 e. The Kier molecular flexibility index (Phi) is 7.63. The van der Waals surface area contributed by atoms with Crippen molar-refractivity contribution in [2.24, 2.45) is 0 Å². The van der Waals surface area contributed by atoms with Gasteiger partial charge in [0.2, 0.25) is 11.8 Å². The van der Waals surface area contributed by atoms with Gasteiger partial charge in [-0.2, -0.15) is 0 Å². The molecule has 0 aliphatic heterocycles. The number of carbonyl (C=O) groups excluding carboxylic acids is 1. The average molecular weight is 390 g/mol. The molecule has 0 atom stereocenters. The van der Waals surface area contributed by atoms with Gasteiger partial charge < -0.3 is 14.8 Å². The summed E-state index contributed by atoms with van der Waals surface area (Å²) in [6.07, 6.45) is 3.96.